The zero-order chi connectivity index (χ0) is 11.4. The van der Waals surface area contributed by atoms with E-state index in [0.29, 0.717) is 26.4 Å². The van der Waals surface area contributed by atoms with E-state index in [9.17, 15) is 0 Å². The Morgan fingerprint density at radius 1 is 1.31 bits per heavy atom. The smallest absolute Gasteiger partial charge is 0.161 e. The van der Waals surface area contributed by atoms with Crippen molar-refractivity contribution in [3.05, 3.63) is 23.8 Å². The molecule has 0 amide bonds. The Labute approximate surface area is 95.3 Å². The number of rotatable bonds is 4. The average Bonchev–Trinajstić information content (AvgIpc) is 2.35. The Balaban J connectivity index is 2.21. The van der Waals surface area contributed by atoms with Crippen LogP contribution in [0.5, 0.6) is 11.5 Å². The lowest BCUT2D eigenvalue weighted by Crippen LogP contribution is -2.18. The molecule has 2 N–H and O–H groups in total. The van der Waals surface area contributed by atoms with Gasteiger partial charge in [-0.15, -0.1) is 0 Å². The molecule has 0 bridgehead atoms. The SMILES string of the molecule is CCO[C@H](CN)c1ccc2c(c1)OCCO2. The van der Waals surface area contributed by atoms with Crippen LogP contribution in [-0.4, -0.2) is 26.4 Å². The van der Waals surface area contributed by atoms with Crippen LogP contribution < -0.4 is 15.2 Å². The first-order valence-electron chi connectivity index (χ1n) is 5.56. The minimum Gasteiger partial charge on any atom is -0.486 e. The lowest BCUT2D eigenvalue weighted by Gasteiger charge is -2.21. The van der Waals surface area contributed by atoms with Crippen molar-refractivity contribution < 1.29 is 14.2 Å². The molecular formula is C12H17NO3. The summed E-state index contributed by atoms with van der Waals surface area (Å²) in [7, 11) is 0. The van der Waals surface area contributed by atoms with Crippen molar-refractivity contribution in [3.8, 4) is 11.5 Å². The molecule has 2 rings (SSSR count). The Kier molecular flexibility index (Phi) is 3.64. The molecule has 88 valence electrons. The summed E-state index contributed by atoms with van der Waals surface area (Å²) >= 11 is 0. The summed E-state index contributed by atoms with van der Waals surface area (Å²) in [6.07, 6.45) is -0.0687. The number of nitrogens with two attached hydrogens (primary N) is 1. The lowest BCUT2D eigenvalue weighted by molar-refractivity contribution is 0.0683. The van der Waals surface area contributed by atoms with Gasteiger partial charge >= 0.3 is 0 Å². The molecule has 4 nitrogen and oxygen atoms in total. The normalized spacial score (nSPS) is 15.9. The van der Waals surface area contributed by atoms with Crippen LogP contribution in [-0.2, 0) is 4.74 Å². The topological polar surface area (TPSA) is 53.7 Å². The number of hydrogen-bond acceptors (Lipinski definition) is 4. The van der Waals surface area contributed by atoms with Gasteiger partial charge in [0.1, 0.15) is 13.2 Å². The van der Waals surface area contributed by atoms with Gasteiger partial charge in [0.15, 0.2) is 11.5 Å². The second-order valence-electron chi connectivity index (χ2n) is 3.58. The van der Waals surface area contributed by atoms with Crippen LogP contribution in [0.1, 0.15) is 18.6 Å². The molecule has 0 aromatic heterocycles. The fraction of sp³-hybridized carbons (Fsp3) is 0.500. The maximum Gasteiger partial charge on any atom is 0.161 e. The van der Waals surface area contributed by atoms with E-state index in [4.69, 9.17) is 19.9 Å². The maximum absolute atomic E-state index is 5.67. The molecule has 0 spiro atoms. The van der Waals surface area contributed by atoms with Gasteiger partial charge in [0, 0.05) is 13.2 Å². The largest absolute Gasteiger partial charge is 0.486 e. The summed E-state index contributed by atoms with van der Waals surface area (Å²) in [5, 5.41) is 0. The van der Waals surface area contributed by atoms with E-state index in [1.54, 1.807) is 0 Å². The van der Waals surface area contributed by atoms with Crippen LogP contribution >= 0.6 is 0 Å². The number of fused-ring (bicyclic) bond motifs is 1. The molecule has 1 aliphatic heterocycles. The molecule has 0 fully saturated rings. The second kappa shape index (κ2) is 5.18. The highest BCUT2D eigenvalue weighted by Gasteiger charge is 2.15. The van der Waals surface area contributed by atoms with Gasteiger partial charge in [-0.25, -0.2) is 0 Å². The molecule has 4 heteroatoms. The van der Waals surface area contributed by atoms with Crippen molar-refractivity contribution in [1.82, 2.24) is 0 Å². The molecule has 0 unspecified atom stereocenters. The third-order valence-corrected chi connectivity index (χ3v) is 2.52. The predicted molar refractivity (Wildman–Crippen MR) is 60.9 cm³/mol. The van der Waals surface area contributed by atoms with E-state index < -0.39 is 0 Å². The van der Waals surface area contributed by atoms with Crippen LogP contribution in [0.15, 0.2) is 18.2 Å². The van der Waals surface area contributed by atoms with Gasteiger partial charge in [-0.3, -0.25) is 0 Å². The van der Waals surface area contributed by atoms with Crippen LogP contribution in [0.3, 0.4) is 0 Å². The Hall–Kier alpha value is -1.26. The van der Waals surface area contributed by atoms with Gasteiger partial charge < -0.3 is 19.9 Å². The van der Waals surface area contributed by atoms with E-state index in [1.807, 2.05) is 25.1 Å². The zero-order valence-electron chi connectivity index (χ0n) is 9.44. The number of hydrogen-bond donors (Lipinski definition) is 1. The van der Waals surface area contributed by atoms with E-state index in [0.717, 1.165) is 17.1 Å². The molecule has 0 saturated heterocycles. The van der Waals surface area contributed by atoms with Crippen molar-refractivity contribution in [1.29, 1.82) is 0 Å². The summed E-state index contributed by atoms with van der Waals surface area (Å²) in [5.41, 5.74) is 6.71. The predicted octanol–water partition coefficient (Wildman–Crippen LogP) is 1.49. The van der Waals surface area contributed by atoms with Crippen molar-refractivity contribution >= 4 is 0 Å². The summed E-state index contributed by atoms with van der Waals surface area (Å²) < 4.78 is 16.5. The highest BCUT2D eigenvalue weighted by Crippen LogP contribution is 2.33. The third kappa shape index (κ3) is 2.28. The minimum atomic E-state index is -0.0687. The molecular weight excluding hydrogens is 206 g/mol. The van der Waals surface area contributed by atoms with Crippen molar-refractivity contribution in [2.75, 3.05) is 26.4 Å². The summed E-state index contributed by atoms with van der Waals surface area (Å²) in [4.78, 5) is 0. The Morgan fingerprint density at radius 2 is 2.06 bits per heavy atom. The van der Waals surface area contributed by atoms with Gasteiger partial charge in [-0.2, -0.15) is 0 Å². The molecule has 1 aromatic carbocycles. The Morgan fingerprint density at radius 3 is 2.75 bits per heavy atom. The van der Waals surface area contributed by atoms with E-state index in [1.165, 1.54) is 0 Å². The zero-order valence-corrected chi connectivity index (χ0v) is 9.44. The van der Waals surface area contributed by atoms with E-state index >= 15 is 0 Å². The lowest BCUT2D eigenvalue weighted by atomic mass is 10.1. The van der Waals surface area contributed by atoms with Gasteiger partial charge in [-0.05, 0) is 24.6 Å². The fourth-order valence-electron chi connectivity index (χ4n) is 1.76. The molecule has 1 aliphatic rings. The first-order chi connectivity index (χ1) is 7.85. The summed E-state index contributed by atoms with van der Waals surface area (Å²) in [6.45, 7) is 4.28. The first-order valence-corrected chi connectivity index (χ1v) is 5.56. The number of ether oxygens (including phenoxy) is 3. The van der Waals surface area contributed by atoms with Gasteiger partial charge in [-0.1, -0.05) is 6.07 Å². The molecule has 1 aromatic rings. The summed E-state index contributed by atoms with van der Waals surface area (Å²) in [5.74, 6) is 1.57. The summed E-state index contributed by atoms with van der Waals surface area (Å²) in [6, 6.07) is 5.83. The van der Waals surface area contributed by atoms with Crippen molar-refractivity contribution in [2.24, 2.45) is 5.73 Å². The number of benzene rings is 1. The van der Waals surface area contributed by atoms with Crippen molar-refractivity contribution in [3.63, 3.8) is 0 Å². The maximum atomic E-state index is 5.67. The molecule has 0 saturated carbocycles. The fourth-order valence-corrected chi connectivity index (χ4v) is 1.76. The van der Waals surface area contributed by atoms with Crippen LogP contribution in [0.25, 0.3) is 0 Å². The molecule has 0 aliphatic carbocycles. The molecule has 1 atom stereocenters. The van der Waals surface area contributed by atoms with E-state index in [-0.39, 0.29) is 6.10 Å². The minimum absolute atomic E-state index is 0.0687. The standard InChI is InChI=1S/C12H17NO3/c1-2-14-12(8-13)9-3-4-10-11(7-9)16-6-5-15-10/h3-4,7,12H,2,5-6,8,13H2,1H3/t12-/m1/s1. The van der Waals surface area contributed by atoms with Gasteiger partial charge in [0.25, 0.3) is 0 Å². The molecule has 1 heterocycles. The van der Waals surface area contributed by atoms with Crippen LogP contribution in [0.2, 0.25) is 0 Å². The highest BCUT2D eigenvalue weighted by atomic mass is 16.6. The van der Waals surface area contributed by atoms with E-state index in [2.05, 4.69) is 0 Å². The average molecular weight is 223 g/mol. The quantitative estimate of drug-likeness (QED) is 0.840. The Bertz CT molecular complexity index is 354. The van der Waals surface area contributed by atoms with Crippen LogP contribution in [0, 0.1) is 0 Å². The first kappa shape index (κ1) is 11.2. The monoisotopic (exact) mass is 223 g/mol. The van der Waals surface area contributed by atoms with Gasteiger partial charge in [0.05, 0.1) is 6.10 Å². The van der Waals surface area contributed by atoms with Gasteiger partial charge in [0.2, 0.25) is 0 Å². The van der Waals surface area contributed by atoms with Crippen LogP contribution in [0.4, 0.5) is 0 Å². The highest BCUT2D eigenvalue weighted by molar-refractivity contribution is 5.44. The second-order valence-corrected chi connectivity index (χ2v) is 3.58. The van der Waals surface area contributed by atoms with Crippen molar-refractivity contribution in [2.45, 2.75) is 13.0 Å². The molecule has 0 radical (unpaired) electrons. The third-order valence-electron chi connectivity index (χ3n) is 2.52. The molecule has 16 heavy (non-hydrogen) atoms.